The largest absolute Gasteiger partial charge is 0.339 e. The minimum atomic E-state index is -0.167. The van der Waals surface area contributed by atoms with E-state index in [9.17, 15) is 9.59 Å². The van der Waals surface area contributed by atoms with Gasteiger partial charge in [-0.15, -0.1) is 0 Å². The Kier molecular flexibility index (Phi) is 5.71. The maximum Gasteiger partial charge on any atom is 0.255 e. The Morgan fingerprint density at radius 3 is 2.00 bits per heavy atom. The average Bonchev–Trinajstić information content (AvgIpc) is 2.68. The number of nitrogens with zero attached hydrogens (tertiary/aromatic N) is 1. The molecule has 1 fully saturated rings. The molecule has 0 aliphatic carbocycles. The lowest BCUT2D eigenvalue weighted by Gasteiger charge is -2.26. The summed E-state index contributed by atoms with van der Waals surface area (Å²) in [4.78, 5) is 26.8. The lowest BCUT2D eigenvalue weighted by molar-refractivity contribution is 0.0724. The first-order valence-electron chi connectivity index (χ1n) is 9.35. The molecule has 4 nitrogen and oxygen atoms in total. The highest BCUT2D eigenvalue weighted by atomic mass is 16.2. The van der Waals surface area contributed by atoms with Crippen molar-refractivity contribution in [2.75, 3.05) is 18.4 Å². The predicted octanol–water partition coefficient (Wildman–Crippen LogP) is 4.69. The summed E-state index contributed by atoms with van der Waals surface area (Å²) in [6, 6.07) is 14.8. The van der Waals surface area contributed by atoms with Crippen LogP contribution in [-0.2, 0) is 0 Å². The molecule has 0 unspecified atom stereocenters. The molecule has 0 saturated carbocycles. The van der Waals surface area contributed by atoms with E-state index >= 15 is 0 Å². The monoisotopic (exact) mass is 350 g/mol. The third-order valence-corrected chi connectivity index (χ3v) is 4.87. The Morgan fingerprint density at radius 2 is 1.42 bits per heavy atom. The summed E-state index contributed by atoms with van der Waals surface area (Å²) < 4.78 is 0. The summed E-state index contributed by atoms with van der Waals surface area (Å²) in [5.41, 5.74) is 3.20. The van der Waals surface area contributed by atoms with E-state index in [1.165, 1.54) is 12.0 Å². The molecule has 2 aromatic carbocycles. The van der Waals surface area contributed by atoms with Crippen LogP contribution in [0.15, 0.2) is 48.5 Å². The highest BCUT2D eigenvalue weighted by Gasteiger charge is 2.18. The number of amides is 2. The Bertz CT molecular complexity index is 758. The van der Waals surface area contributed by atoms with E-state index in [1.54, 1.807) is 24.3 Å². The molecule has 1 saturated heterocycles. The van der Waals surface area contributed by atoms with Crippen LogP contribution in [0, 0.1) is 0 Å². The topological polar surface area (TPSA) is 49.4 Å². The van der Waals surface area contributed by atoms with Crippen molar-refractivity contribution < 1.29 is 9.59 Å². The van der Waals surface area contributed by atoms with Gasteiger partial charge in [0.05, 0.1) is 0 Å². The van der Waals surface area contributed by atoms with E-state index < -0.39 is 0 Å². The van der Waals surface area contributed by atoms with Crippen molar-refractivity contribution in [2.45, 2.75) is 39.0 Å². The number of carbonyl (C=O) groups is 2. The Balaban J connectivity index is 1.63. The molecular formula is C22H26N2O2. The maximum absolute atomic E-state index is 12.5. The Labute approximate surface area is 155 Å². The molecule has 4 heteroatoms. The number of hydrogen-bond acceptors (Lipinski definition) is 2. The van der Waals surface area contributed by atoms with Crippen LogP contribution in [0.5, 0.6) is 0 Å². The molecule has 1 aliphatic rings. The second kappa shape index (κ2) is 8.17. The van der Waals surface area contributed by atoms with Gasteiger partial charge in [0, 0.05) is 29.9 Å². The summed E-state index contributed by atoms with van der Waals surface area (Å²) in [6.07, 6.45) is 3.34. The van der Waals surface area contributed by atoms with Gasteiger partial charge in [0.1, 0.15) is 0 Å². The first kappa shape index (κ1) is 18.2. The van der Waals surface area contributed by atoms with Gasteiger partial charge in [-0.25, -0.2) is 0 Å². The fourth-order valence-electron chi connectivity index (χ4n) is 3.20. The zero-order valence-electron chi connectivity index (χ0n) is 15.5. The fourth-order valence-corrected chi connectivity index (χ4v) is 3.20. The van der Waals surface area contributed by atoms with E-state index in [0.29, 0.717) is 17.0 Å². The first-order valence-corrected chi connectivity index (χ1v) is 9.35. The number of nitrogens with one attached hydrogen (secondary N) is 1. The molecule has 1 heterocycles. The zero-order chi connectivity index (χ0) is 18.5. The van der Waals surface area contributed by atoms with Gasteiger partial charge in [0.25, 0.3) is 11.8 Å². The highest BCUT2D eigenvalue weighted by molar-refractivity contribution is 6.05. The normalized spacial score (nSPS) is 14.3. The summed E-state index contributed by atoms with van der Waals surface area (Å²) in [7, 11) is 0. The van der Waals surface area contributed by atoms with Gasteiger partial charge in [-0.2, -0.15) is 0 Å². The number of carbonyl (C=O) groups excluding carboxylic acids is 2. The van der Waals surface area contributed by atoms with Gasteiger partial charge in [0.15, 0.2) is 0 Å². The summed E-state index contributed by atoms with van der Waals surface area (Å²) in [6.45, 7) is 5.93. The van der Waals surface area contributed by atoms with Gasteiger partial charge in [-0.05, 0) is 67.1 Å². The van der Waals surface area contributed by atoms with Gasteiger partial charge in [0.2, 0.25) is 0 Å². The standard InChI is InChI=1S/C22H26N2O2/c1-16(2)17-10-12-20(13-11-17)23-21(25)18-6-8-19(9-7-18)22(26)24-14-4-3-5-15-24/h6-13,16H,3-5,14-15H2,1-2H3,(H,23,25). The second-order valence-electron chi connectivity index (χ2n) is 7.16. The van der Waals surface area contributed by atoms with Gasteiger partial charge in [-0.3, -0.25) is 9.59 Å². The molecule has 2 amide bonds. The molecule has 1 N–H and O–H groups in total. The average molecular weight is 350 g/mol. The molecule has 1 aliphatic heterocycles. The molecule has 26 heavy (non-hydrogen) atoms. The van der Waals surface area contributed by atoms with E-state index in [-0.39, 0.29) is 11.8 Å². The van der Waals surface area contributed by atoms with E-state index in [0.717, 1.165) is 31.6 Å². The van der Waals surface area contributed by atoms with E-state index in [2.05, 4.69) is 19.2 Å². The lowest BCUT2D eigenvalue weighted by atomic mass is 10.0. The van der Waals surface area contributed by atoms with Crippen LogP contribution >= 0.6 is 0 Å². The second-order valence-corrected chi connectivity index (χ2v) is 7.16. The Hall–Kier alpha value is -2.62. The highest BCUT2D eigenvalue weighted by Crippen LogP contribution is 2.18. The minimum absolute atomic E-state index is 0.0564. The smallest absolute Gasteiger partial charge is 0.255 e. The van der Waals surface area contributed by atoms with Crippen LogP contribution < -0.4 is 5.32 Å². The van der Waals surface area contributed by atoms with Crippen molar-refractivity contribution in [3.63, 3.8) is 0 Å². The quantitative estimate of drug-likeness (QED) is 0.870. The van der Waals surface area contributed by atoms with Gasteiger partial charge >= 0.3 is 0 Å². The predicted molar refractivity (Wildman–Crippen MR) is 105 cm³/mol. The van der Waals surface area contributed by atoms with Crippen molar-refractivity contribution in [2.24, 2.45) is 0 Å². The minimum Gasteiger partial charge on any atom is -0.339 e. The third kappa shape index (κ3) is 4.31. The molecule has 0 atom stereocenters. The molecule has 3 rings (SSSR count). The zero-order valence-corrected chi connectivity index (χ0v) is 15.5. The lowest BCUT2D eigenvalue weighted by Crippen LogP contribution is -2.35. The molecule has 0 spiro atoms. The van der Waals surface area contributed by atoms with Crippen molar-refractivity contribution >= 4 is 17.5 Å². The number of hydrogen-bond donors (Lipinski definition) is 1. The van der Waals surface area contributed by atoms with Crippen molar-refractivity contribution in [3.8, 4) is 0 Å². The summed E-state index contributed by atoms with van der Waals surface area (Å²) in [5, 5.41) is 2.90. The fraction of sp³-hybridized carbons (Fsp3) is 0.364. The number of rotatable bonds is 4. The van der Waals surface area contributed by atoms with Gasteiger partial charge in [-0.1, -0.05) is 26.0 Å². The molecule has 0 radical (unpaired) electrons. The van der Waals surface area contributed by atoms with Crippen LogP contribution in [0.1, 0.15) is 65.3 Å². The Morgan fingerprint density at radius 1 is 0.846 bits per heavy atom. The first-order chi connectivity index (χ1) is 12.5. The number of benzene rings is 2. The number of likely N-dealkylation sites (tertiary alicyclic amines) is 1. The van der Waals surface area contributed by atoms with Crippen molar-refractivity contribution in [1.82, 2.24) is 4.90 Å². The third-order valence-electron chi connectivity index (χ3n) is 4.87. The van der Waals surface area contributed by atoms with E-state index in [4.69, 9.17) is 0 Å². The molecule has 2 aromatic rings. The van der Waals surface area contributed by atoms with Crippen LogP contribution in [-0.4, -0.2) is 29.8 Å². The van der Waals surface area contributed by atoms with Crippen LogP contribution in [0.4, 0.5) is 5.69 Å². The van der Waals surface area contributed by atoms with Crippen LogP contribution in [0.2, 0.25) is 0 Å². The molecule has 136 valence electrons. The molecular weight excluding hydrogens is 324 g/mol. The molecule has 0 aromatic heterocycles. The van der Waals surface area contributed by atoms with Gasteiger partial charge < -0.3 is 10.2 Å². The summed E-state index contributed by atoms with van der Waals surface area (Å²) >= 11 is 0. The SMILES string of the molecule is CC(C)c1ccc(NC(=O)c2ccc(C(=O)N3CCCCC3)cc2)cc1. The maximum atomic E-state index is 12.5. The van der Waals surface area contributed by atoms with Crippen LogP contribution in [0.25, 0.3) is 0 Å². The van der Waals surface area contributed by atoms with E-state index in [1.807, 2.05) is 29.2 Å². The number of anilines is 1. The molecule has 0 bridgehead atoms. The van der Waals surface area contributed by atoms with Crippen LogP contribution in [0.3, 0.4) is 0 Å². The van der Waals surface area contributed by atoms with Crippen molar-refractivity contribution in [1.29, 1.82) is 0 Å². The van der Waals surface area contributed by atoms with Crippen molar-refractivity contribution in [3.05, 3.63) is 65.2 Å². The number of piperidine rings is 1. The summed E-state index contributed by atoms with van der Waals surface area (Å²) in [5.74, 6) is 0.352.